The lowest BCUT2D eigenvalue weighted by molar-refractivity contribution is -0.134. The van der Waals surface area contributed by atoms with Crippen LogP contribution >= 0.6 is 0 Å². The van der Waals surface area contributed by atoms with E-state index in [1.165, 1.54) is 5.56 Å². The number of imidazole rings is 1. The zero-order valence-electron chi connectivity index (χ0n) is 18.6. The maximum absolute atomic E-state index is 12.9. The number of hydrogen-bond donors (Lipinski definition) is 1. The first-order chi connectivity index (χ1) is 15.7. The number of nitrogens with one attached hydrogen (secondary N) is 1. The molecule has 1 aromatic heterocycles. The Morgan fingerprint density at radius 2 is 1.56 bits per heavy atom. The summed E-state index contributed by atoms with van der Waals surface area (Å²) in [6, 6.07) is 18.7. The molecule has 168 valence electrons. The number of amides is 1. The quantitative estimate of drug-likeness (QED) is 0.672. The number of hydrogen-bond acceptors (Lipinski definition) is 3. The van der Waals surface area contributed by atoms with Crippen LogP contribution in [-0.4, -0.2) is 58.0 Å². The third-order valence-electron chi connectivity index (χ3n) is 7.24. The summed E-state index contributed by atoms with van der Waals surface area (Å²) in [4.78, 5) is 32.6. The van der Waals surface area contributed by atoms with Gasteiger partial charge in [-0.15, -0.1) is 0 Å². The van der Waals surface area contributed by atoms with Crippen molar-refractivity contribution < 1.29 is 4.79 Å². The van der Waals surface area contributed by atoms with E-state index < -0.39 is 0 Å². The number of likely N-dealkylation sites (tertiary alicyclic amines) is 2. The summed E-state index contributed by atoms with van der Waals surface area (Å²) in [6.07, 6.45) is 5.09. The highest BCUT2D eigenvalue weighted by molar-refractivity contribution is 5.78. The predicted molar refractivity (Wildman–Crippen MR) is 127 cm³/mol. The van der Waals surface area contributed by atoms with Gasteiger partial charge in [0.2, 0.25) is 5.91 Å². The van der Waals surface area contributed by atoms with E-state index in [0.717, 1.165) is 69.3 Å². The highest BCUT2D eigenvalue weighted by Gasteiger charge is 2.27. The zero-order chi connectivity index (χ0) is 21.9. The Hall–Kier alpha value is -2.86. The molecular formula is C26H32N4O2. The molecule has 0 saturated carbocycles. The molecule has 0 atom stereocenters. The zero-order valence-corrected chi connectivity index (χ0v) is 18.6. The number of carbonyl (C=O) groups is 1. The van der Waals surface area contributed by atoms with Crippen LogP contribution in [0.2, 0.25) is 0 Å². The highest BCUT2D eigenvalue weighted by atomic mass is 16.2. The van der Waals surface area contributed by atoms with E-state index in [4.69, 9.17) is 0 Å². The molecule has 32 heavy (non-hydrogen) atoms. The van der Waals surface area contributed by atoms with Crippen molar-refractivity contribution in [3.8, 4) is 0 Å². The van der Waals surface area contributed by atoms with Crippen molar-refractivity contribution in [2.24, 2.45) is 5.92 Å². The fraction of sp³-hybridized carbons (Fsp3) is 0.462. The normalized spacial score (nSPS) is 18.9. The third-order valence-corrected chi connectivity index (χ3v) is 7.24. The molecule has 0 aliphatic carbocycles. The largest absolute Gasteiger partial charge is 0.342 e. The van der Waals surface area contributed by atoms with E-state index in [2.05, 4.69) is 45.1 Å². The number of rotatable bonds is 5. The first-order valence-corrected chi connectivity index (χ1v) is 11.9. The van der Waals surface area contributed by atoms with E-state index in [9.17, 15) is 9.59 Å². The number of carbonyl (C=O) groups excluding carboxylic acids is 1. The molecule has 0 spiro atoms. The SMILES string of the molecule is O=C(CN1CCC(n2c(=O)[nH]c3ccccc32)CC1)N1CCC(Cc2ccccc2)CC1. The second-order valence-electron chi connectivity index (χ2n) is 9.34. The topological polar surface area (TPSA) is 61.3 Å². The standard InChI is InChI=1S/C26H32N4O2/c31-25(29-16-10-21(11-17-29)18-20-6-2-1-3-7-20)19-28-14-12-22(13-15-28)30-24-9-5-4-8-23(24)27-26(30)32/h1-9,21-22H,10-19H2,(H,27,32). The van der Waals surface area contributed by atoms with Gasteiger partial charge in [0.25, 0.3) is 0 Å². The maximum Gasteiger partial charge on any atom is 0.326 e. The second kappa shape index (κ2) is 9.33. The van der Waals surface area contributed by atoms with Crippen LogP contribution in [0.25, 0.3) is 11.0 Å². The van der Waals surface area contributed by atoms with Crippen molar-refractivity contribution >= 4 is 16.9 Å². The van der Waals surface area contributed by atoms with Crippen LogP contribution in [-0.2, 0) is 11.2 Å². The van der Waals surface area contributed by atoms with E-state index >= 15 is 0 Å². The van der Waals surface area contributed by atoms with Gasteiger partial charge in [0.1, 0.15) is 0 Å². The summed E-state index contributed by atoms with van der Waals surface area (Å²) >= 11 is 0. The molecule has 3 aromatic rings. The Morgan fingerprint density at radius 1 is 0.875 bits per heavy atom. The Kier molecular flexibility index (Phi) is 6.12. The number of fused-ring (bicyclic) bond motifs is 1. The average Bonchev–Trinajstić information content (AvgIpc) is 3.16. The molecule has 0 bridgehead atoms. The molecule has 2 aliphatic rings. The molecule has 2 fully saturated rings. The van der Waals surface area contributed by atoms with E-state index in [1.807, 2.05) is 28.8 Å². The fourth-order valence-corrected chi connectivity index (χ4v) is 5.40. The molecule has 3 heterocycles. The van der Waals surface area contributed by atoms with E-state index in [-0.39, 0.29) is 17.6 Å². The van der Waals surface area contributed by atoms with Gasteiger partial charge in [0.05, 0.1) is 17.6 Å². The fourth-order valence-electron chi connectivity index (χ4n) is 5.40. The molecule has 2 aliphatic heterocycles. The van der Waals surface area contributed by atoms with Crippen molar-refractivity contribution in [1.29, 1.82) is 0 Å². The van der Waals surface area contributed by atoms with Crippen molar-refractivity contribution in [2.45, 2.75) is 38.1 Å². The van der Waals surface area contributed by atoms with Gasteiger partial charge in [-0.3, -0.25) is 14.3 Å². The number of benzene rings is 2. The van der Waals surface area contributed by atoms with Crippen molar-refractivity contribution in [3.05, 3.63) is 70.6 Å². The summed E-state index contributed by atoms with van der Waals surface area (Å²) in [5.74, 6) is 0.928. The smallest absolute Gasteiger partial charge is 0.326 e. The number of para-hydroxylation sites is 2. The van der Waals surface area contributed by atoms with Gasteiger partial charge in [-0.2, -0.15) is 0 Å². The van der Waals surface area contributed by atoms with Gasteiger partial charge < -0.3 is 9.88 Å². The first-order valence-electron chi connectivity index (χ1n) is 11.9. The number of aromatic nitrogens is 2. The summed E-state index contributed by atoms with van der Waals surface area (Å²) < 4.78 is 1.91. The number of piperidine rings is 2. The Balaban J connectivity index is 1.10. The lowest BCUT2D eigenvalue weighted by Gasteiger charge is -2.36. The Morgan fingerprint density at radius 3 is 2.31 bits per heavy atom. The molecule has 6 heteroatoms. The molecule has 2 saturated heterocycles. The van der Waals surface area contributed by atoms with Crippen LogP contribution in [0, 0.1) is 5.92 Å². The molecule has 2 aromatic carbocycles. The molecule has 6 nitrogen and oxygen atoms in total. The minimum atomic E-state index is -0.0286. The predicted octanol–water partition coefficient (Wildman–Crippen LogP) is 3.45. The summed E-state index contributed by atoms with van der Waals surface area (Å²) in [5.41, 5.74) is 3.24. The highest BCUT2D eigenvalue weighted by Crippen LogP contribution is 2.26. The second-order valence-corrected chi connectivity index (χ2v) is 9.34. The molecule has 0 unspecified atom stereocenters. The van der Waals surface area contributed by atoms with Gasteiger partial charge in [0.15, 0.2) is 0 Å². The van der Waals surface area contributed by atoms with Crippen molar-refractivity contribution in [3.63, 3.8) is 0 Å². The summed E-state index contributed by atoms with van der Waals surface area (Å²) in [6.45, 7) is 3.95. The summed E-state index contributed by atoms with van der Waals surface area (Å²) in [7, 11) is 0. The van der Waals surface area contributed by atoms with Gasteiger partial charge >= 0.3 is 5.69 Å². The first kappa shape index (κ1) is 21.0. The van der Waals surface area contributed by atoms with Crippen molar-refractivity contribution in [2.75, 3.05) is 32.7 Å². The minimum absolute atomic E-state index is 0.0286. The van der Waals surface area contributed by atoms with Crippen molar-refractivity contribution in [1.82, 2.24) is 19.4 Å². The monoisotopic (exact) mass is 432 g/mol. The molecule has 5 rings (SSSR count). The lowest BCUT2D eigenvalue weighted by atomic mass is 9.90. The minimum Gasteiger partial charge on any atom is -0.342 e. The summed E-state index contributed by atoms with van der Waals surface area (Å²) in [5, 5.41) is 0. The van der Waals surface area contributed by atoms with Crippen LogP contribution in [0.3, 0.4) is 0 Å². The third kappa shape index (κ3) is 4.51. The molecule has 1 amide bonds. The van der Waals surface area contributed by atoms with Crippen LogP contribution in [0.4, 0.5) is 0 Å². The maximum atomic E-state index is 12.9. The van der Waals surface area contributed by atoms with Crippen LogP contribution in [0.15, 0.2) is 59.4 Å². The number of aromatic amines is 1. The number of H-pyrrole nitrogens is 1. The van der Waals surface area contributed by atoms with Crippen LogP contribution in [0.5, 0.6) is 0 Å². The molecular weight excluding hydrogens is 400 g/mol. The van der Waals surface area contributed by atoms with Crippen LogP contribution in [0.1, 0.15) is 37.3 Å². The van der Waals surface area contributed by atoms with Gasteiger partial charge in [0, 0.05) is 32.2 Å². The molecule has 0 radical (unpaired) electrons. The van der Waals surface area contributed by atoms with E-state index in [1.54, 1.807) is 0 Å². The Labute approximate surface area is 188 Å². The molecule has 1 N–H and O–H groups in total. The van der Waals surface area contributed by atoms with Gasteiger partial charge in [-0.25, -0.2) is 4.79 Å². The van der Waals surface area contributed by atoms with Crippen LogP contribution < -0.4 is 5.69 Å². The van der Waals surface area contributed by atoms with Gasteiger partial charge in [-0.1, -0.05) is 42.5 Å². The Bertz CT molecular complexity index is 1100. The lowest BCUT2D eigenvalue weighted by Crippen LogP contribution is -2.46. The van der Waals surface area contributed by atoms with E-state index in [0.29, 0.717) is 12.5 Å². The average molecular weight is 433 g/mol. The number of nitrogens with zero attached hydrogens (tertiary/aromatic N) is 3. The van der Waals surface area contributed by atoms with Gasteiger partial charge in [-0.05, 0) is 55.7 Å².